The number of benzene rings is 2. The van der Waals surface area contributed by atoms with Crippen LogP contribution in [0.5, 0.6) is 5.75 Å². The van der Waals surface area contributed by atoms with E-state index in [9.17, 15) is 4.79 Å². The third kappa shape index (κ3) is 6.83. The monoisotopic (exact) mass is 487 g/mol. The lowest BCUT2D eigenvalue weighted by molar-refractivity contribution is -0.136. The van der Waals surface area contributed by atoms with E-state index >= 15 is 0 Å². The van der Waals surface area contributed by atoms with Crippen LogP contribution in [0.15, 0.2) is 47.4 Å². The third-order valence-electron chi connectivity index (χ3n) is 6.98. The maximum absolute atomic E-state index is 10.9. The average molecular weight is 488 g/mol. The van der Waals surface area contributed by atoms with Crippen molar-refractivity contribution in [3.8, 4) is 5.75 Å². The number of carbonyl (C=O) groups is 1. The highest BCUT2D eigenvalue weighted by Gasteiger charge is 2.35. The molecule has 1 fully saturated rings. The molecule has 6 heteroatoms. The van der Waals surface area contributed by atoms with Crippen molar-refractivity contribution < 1.29 is 14.6 Å². The van der Waals surface area contributed by atoms with Gasteiger partial charge in [0, 0.05) is 0 Å². The maximum atomic E-state index is 10.9. The van der Waals surface area contributed by atoms with Crippen molar-refractivity contribution in [3.05, 3.63) is 53.1 Å². The van der Waals surface area contributed by atoms with Gasteiger partial charge in [0.1, 0.15) is 5.75 Å². The van der Waals surface area contributed by atoms with E-state index in [1.807, 2.05) is 48.2 Å². The SMILES string of the molecule is CC1(CCC2CCCC(CCOc3cccc(CC(=O)O)c3)CC2)Nc2cccc(Cl)c2S1. The molecule has 0 aromatic heterocycles. The molecule has 33 heavy (non-hydrogen) atoms. The Morgan fingerprint density at radius 1 is 1.15 bits per heavy atom. The highest BCUT2D eigenvalue weighted by Crippen LogP contribution is 2.51. The van der Waals surface area contributed by atoms with Crippen LogP contribution in [0.3, 0.4) is 0 Å². The van der Waals surface area contributed by atoms with Crippen molar-refractivity contribution in [2.75, 3.05) is 11.9 Å². The fraction of sp³-hybridized carbons (Fsp3) is 0.519. The molecule has 4 rings (SSSR count). The second-order valence-corrected chi connectivity index (χ2v) is 11.6. The lowest BCUT2D eigenvalue weighted by atomic mass is 9.92. The van der Waals surface area contributed by atoms with Gasteiger partial charge in [-0.25, -0.2) is 0 Å². The first-order chi connectivity index (χ1) is 15.9. The van der Waals surface area contributed by atoms with Gasteiger partial charge in [0.05, 0.1) is 33.5 Å². The smallest absolute Gasteiger partial charge is 0.307 e. The summed E-state index contributed by atoms with van der Waals surface area (Å²) >= 11 is 8.28. The number of halogens is 1. The minimum atomic E-state index is -0.815. The first-order valence-electron chi connectivity index (χ1n) is 12.1. The van der Waals surface area contributed by atoms with E-state index in [-0.39, 0.29) is 11.3 Å². The molecule has 1 heterocycles. The van der Waals surface area contributed by atoms with Crippen LogP contribution in [0.1, 0.15) is 63.9 Å². The molecular weight excluding hydrogens is 454 g/mol. The number of anilines is 1. The van der Waals surface area contributed by atoms with Crippen LogP contribution in [0.25, 0.3) is 0 Å². The van der Waals surface area contributed by atoms with E-state index in [2.05, 4.69) is 18.3 Å². The zero-order chi connectivity index (χ0) is 23.3. The molecule has 1 aliphatic heterocycles. The number of ether oxygens (including phenoxy) is 1. The number of aliphatic carboxylic acids is 1. The third-order valence-corrected chi connectivity index (χ3v) is 8.81. The second kappa shape index (κ2) is 11.1. The first kappa shape index (κ1) is 24.3. The van der Waals surface area contributed by atoms with Crippen molar-refractivity contribution in [1.29, 1.82) is 0 Å². The quantitative estimate of drug-likeness (QED) is 0.356. The number of thioether (sulfide) groups is 1. The van der Waals surface area contributed by atoms with Crippen molar-refractivity contribution in [1.82, 2.24) is 0 Å². The van der Waals surface area contributed by atoms with Crippen LogP contribution in [0.4, 0.5) is 5.69 Å². The van der Waals surface area contributed by atoms with Crippen LogP contribution < -0.4 is 10.1 Å². The van der Waals surface area contributed by atoms with Gasteiger partial charge in [-0.05, 0) is 67.9 Å². The van der Waals surface area contributed by atoms with Crippen LogP contribution in [0.2, 0.25) is 5.02 Å². The molecule has 4 nitrogen and oxygen atoms in total. The van der Waals surface area contributed by atoms with E-state index in [0.717, 1.165) is 41.0 Å². The molecule has 178 valence electrons. The Kier molecular flexibility index (Phi) is 8.13. The largest absolute Gasteiger partial charge is 0.494 e. The van der Waals surface area contributed by atoms with E-state index in [4.69, 9.17) is 21.4 Å². The number of nitrogens with one attached hydrogen (secondary N) is 1. The molecule has 1 aliphatic carbocycles. The van der Waals surface area contributed by atoms with Gasteiger partial charge in [0.2, 0.25) is 0 Å². The molecule has 0 amide bonds. The van der Waals surface area contributed by atoms with Crippen molar-refractivity contribution in [2.24, 2.45) is 11.8 Å². The molecule has 1 saturated carbocycles. The van der Waals surface area contributed by atoms with E-state index < -0.39 is 5.97 Å². The van der Waals surface area contributed by atoms with Crippen LogP contribution in [-0.2, 0) is 11.2 Å². The number of carboxylic acids is 1. The molecular formula is C27H34ClNO3S. The molecule has 0 radical (unpaired) electrons. The van der Waals surface area contributed by atoms with Gasteiger partial charge in [0.15, 0.2) is 0 Å². The second-order valence-electron chi connectivity index (χ2n) is 9.71. The summed E-state index contributed by atoms with van der Waals surface area (Å²) in [7, 11) is 0. The lowest BCUT2D eigenvalue weighted by Gasteiger charge is -2.26. The molecule has 3 unspecified atom stereocenters. The summed E-state index contributed by atoms with van der Waals surface area (Å²) in [5.74, 6) is 1.47. The number of hydrogen-bond donors (Lipinski definition) is 2. The first-order valence-corrected chi connectivity index (χ1v) is 13.3. The van der Waals surface area contributed by atoms with Gasteiger partial charge in [-0.15, -0.1) is 0 Å². The number of carboxylic acid groups (broad SMARTS) is 1. The highest BCUT2D eigenvalue weighted by molar-refractivity contribution is 8.01. The molecule has 2 N–H and O–H groups in total. The van der Waals surface area contributed by atoms with E-state index in [1.165, 1.54) is 49.1 Å². The fourth-order valence-corrected chi connectivity index (χ4v) is 6.65. The lowest BCUT2D eigenvalue weighted by Crippen LogP contribution is -2.27. The maximum Gasteiger partial charge on any atom is 0.307 e. The predicted octanol–water partition coefficient (Wildman–Crippen LogP) is 7.65. The minimum absolute atomic E-state index is 0.0298. The molecule has 3 atom stereocenters. The van der Waals surface area contributed by atoms with Gasteiger partial charge in [-0.2, -0.15) is 0 Å². The molecule has 2 aliphatic rings. The van der Waals surface area contributed by atoms with Gasteiger partial charge in [0.25, 0.3) is 0 Å². The number of fused-ring (bicyclic) bond motifs is 1. The van der Waals surface area contributed by atoms with Gasteiger partial charge < -0.3 is 15.2 Å². The number of hydrogen-bond acceptors (Lipinski definition) is 4. The minimum Gasteiger partial charge on any atom is -0.494 e. The summed E-state index contributed by atoms with van der Waals surface area (Å²) in [6.07, 6.45) is 9.98. The molecule has 2 aromatic carbocycles. The van der Waals surface area contributed by atoms with Gasteiger partial charge >= 0.3 is 5.97 Å². The van der Waals surface area contributed by atoms with Gasteiger partial charge in [-0.3, -0.25) is 4.79 Å². The molecule has 0 bridgehead atoms. The van der Waals surface area contributed by atoms with Crippen molar-refractivity contribution in [3.63, 3.8) is 0 Å². The standard InChI is InChI=1S/C27H34ClNO3S/c1-27(29-24-10-4-9-23(28)26(24)33-27)15-13-19-5-2-6-20(12-11-19)14-16-32-22-8-3-7-21(17-22)18-25(30)31/h3-4,7-10,17,19-20,29H,2,5-6,11-16,18H2,1H3,(H,30,31). The molecule has 0 saturated heterocycles. The van der Waals surface area contributed by atoms with Crippen LogP contribution in [-0.4, -0.2) is 22.6 Å². The van der Waals surface area contributed by atoms with Crippen molar-refractivity contribution in [2.45, 2.75) is 74.5 Å². The van der Waals surface area contributed by atoms with Crippen LogP contribution >= 0.6 is 23.4 Å². The Morgan fingerprint density at radius 2 is 1.91 bits per heavy atom. The van der Waals surface area contributed by atoms with Crippen molar-refractivity contribution >= 4 is 35.0 Å². The molecule has 2 aromatic rings. The fourth-order valence-electron chi connectivity index (χ4n) is 5.14. The topological polar surface area (TPSA) is 58.6 Å². The summed E-state index contributed by atoms with van der Waals surface area (Å²) in [4.78, 5) is 12.1. The predicted molar refractivity (Wildman–Crippen MR) is 137 cm³/mol. The zero-order valence-corrected chi connectivity index (χ0v) is 20.9. The summed E-state index contributed by atoms with van der Waals surface area (Å²) in [5, 5.41) is 13.5. The Hall–Kier alpha value is -1.85. The summed E-state index contributed by atoms with van der Waals surface area (Å²) in [6, 6.07) is 13.6. The Bertz CT molecular complexity index is 968. The number of rotatable bonds is 9. The normalized spacial score (nSPS) is 24.5. The zero-order valence-electron chi connectivity index (χ0n) is 19.3. The Balaban J connectivity index is 1.19. The summed E-state index contributed by atoms with van der Waals surface area (Å²) < 4.78 is 5.95. The van der Waals surface area contributed by atoms with E-state index in [0.29, 0.717) is 6.61 Å². The summed E-state index contributed by atoms with van der Waals surface area (Å²) in [6.45, 7) is 3.00. The highest BCUT2D eigenvalue weighted by atomic mass is 35.5. The van der Waals surface area contributed by atoms with E-state index in [1.54, 1.807) is 0 Å². The summed E-state index contributed by atoms with van der Waals surface area (Å²) in [5.41, 5.74) is 1.95. The molecule has 0 spiro atoms. The Labute approximate surface area is 206 Å². The Morgan fingerprint density at radius 3 is 2.67 bits per heavy atom. The van der Waals surface area contributed by atoms with Gasteiger partial charge in [-0.1, -0.05) is 73.7 Å². The average Bonchev–Trinajstić information content (AvgIpc) is 2.96. The van der Waals surface area contributed by atoms with Crippen LogP contribution in [0, 0.1) is 11.8 Å².